The Balaban J connectivity index is 2.87. The Kier molecular flexibility index (Phi) is 4.25. The molecule has 0 saturated heterocycles. The van der Waals surface area contributed by atoms with E-state index in [9.17, 15) is 14.7 Å². The predicted molar refractivity (Wildman–Crippen MR) is 79.9 cm³/mol. The van der Waals surface area contributed by atoms with Gasteiger partial charge in [0.2, 0.25) is 0 Å². The number of hydrogen-bond acceptors (Lipinski definition) is 6. The molecule has 0 aliphatic carbocycles. The Labute approximate surface area is 126 Å². The highest BCUT2D eigenvalue weighted by atomic mass is 16.5. The second kappa shape index (κ2) is 5.97. The predicted octanol–water partition coefficient (Wildman–Crippen LogP) is 1.44. The molecule has 0 amide bonds. The van der Waals surface area contributed by atoms with Gasteiger partial charge in [-0.3, -0.25) is 4.79 Å². The Morgan fingerprint density at radius 1 is 1.23 bits per heavy atom. The van der Waals surface area contributed by atoms with Gasteiger partial charge in [0.25, 0.3) is 5.56 Å². The van der Waals surface area contributed by atoms with Gasteiger partial charge in [0, 0.05) is 18.5 Å². The summed E-state index contributed by atoms with van der Waals surface area (Å²) in [5.41, 5.74) is -0.632. The van der Waals surface area contributed by atoms with Crippen molar-refractivity contribution >= 4 is 16.9 Å². The van der Waals surface area contributed by atoms with E-state index in [1.165, 1.54) is 31.9 Å². The highest BCUT2D eigenvalue weighted by Gasteiger charge is 2.23. The minimum absolute atomic E-state index is 0.103. The average Bonchev–Trinajstić information content (AvgIpc) is 2.51. The van der Waals surface area contributed by atoms with Crippen molar-refractivity contribution in [3.8, 4) is 17.2 Å². The van der Waals surface area contributed by atoms with E-state index in [1.807, 2.05) is 0 Å². The first kappa shape index (κ1) is 15.7. The minimum Gasteiger partial charge on any atom is -0.506 e. The van der Waals surface area contributed by atoms with E-state index in [0.717, 1.165) is 0 Å². The van der Waals surface area contributed by atoms with Crippen LogP contribution in [0.25, 0.3) is 10.9 Å². The first-order chi connectivity index (χ1) is 10.5. The van der Waals surface area contributed by atoms with Gasteiger partial charge in [-0.2, -0.15) is 0 Å². The van der Waals surface area contributed by atoms with E-state index >= 15 is 0 Å². The number of hydrogen-bond donors (Lipinski definition) is 1. The van der Waals surface area contributed by atoms with Gasteiger partial charge >= 0.3 is 5.97 Å². The van der Waals surface area contributed by atoms with Crippen LogP contribution in [0.1, 0.15) is 17.3 Å². The third-order valence-electron chi connectivity index (χ3n) is 3.35. The summed E-state index contributed by atoms with van der Waals surface area (Å²) in [5.74, 6) is -0.512. The van der Waals surface area contributed by atoms with Gasteiger partial charge in [0.05, 0.1) is 26.3 Å². The summed E-state index contributed by atoms with van der Waals surface area (Å²) in [6, 6.07) is 3.07. The van der Waals surface area contributed by atoms with Crippen LogP contribution in [0.5, 0.6) is 17.2 Å². The summed E-state index contributed by atoms with van der Waals surface area (Å²) in [4.78, 5) is 24.2. The number of carbonyl (C=O) groups is 1. The smallest absolute Gasteiger partial charge is 0.347 e. The quantitative estimate of drug-likeness (QED) is 0.860. The van der Waals surface area contributed by atoms with Crippen molar-refractivity contribution in [2.45, 2.75) is 6.92 Å². The maximum absolute atomic E-state index is 12.3. The molecule has 0 spiro atoms. The standard InChI is InChI=1S/C15H17NO6/c1-5-22-15(19)12-13(17)8-6-10(20-3)11(21-4)7-9(8)16(2)14(12)18/h6-7,17H,5H2,1-4H3. The topological polar surface area (TPSA) is 87.0 Å². The Hall–Kier alpha value is -2.70. The normalized spacial score (nSPS) is 10.5. The molecule has 1 N–H and O–H groups in total. The molecule has 0 bridgehead atoms. The third-order valence-corrected chi connectivity index (χ3v) is 3.35. The number of fused-ring (bicyclic) bond motifs is 1. The van der Waals surface area contributed by atoms with Gasteiger partial charge in [-0.05, 0) is 13.0 Å². The van der Waals surface area contributed by atoms with Crippen LogP contribution >= 0.6 is 0 Å². The lowest BCUT2D eigenvalue weighted by Gasteiger charge is -2.14. The molecule has 0 atom stereocenters. The van der Waals surface area contributed by atoms with Crippen molar-refractivity contribution in [1.82, 2.24) is 4.57 Å². The van der Waals surface area contributed by atoms with Crippen LogP contribution in [0.2, 0.25) is 0 Å². The van der Waals surface area contributed by atoms with E-state index < -0.39 is 22.8 Å². The maximum atomic E-state index is 12.3. The summed E-state index contributed by atoms with van der Waals surface area (Å²) in [6.45, 7) is 1.72. The van der Waals surface area contributed by atoms with Gasteiger partial charge in [-0.15, -0.1) is 0 Å². The largest absolute Gasteiger partial charge is 0.506 e. The third kappa shape index (κ3) is 2.34. The highest BCUT2D eigenvalue weighted by Crippen LogP contribution is 2.36. The van der Waals surface area contributed by atoms with Crippen molar-refractivity contribution < 1.29 is 24.1 Å². The molecule has 22 heavy (non-hydrogen) atoms. The van der Waals surface area contributed by atoms with Crippen molar-refractivity contribution in [2.24, 2.45) is 7.05 Å². The molecule has 0 aliphatic heterocycles. The molecule has 1 heterocycles. The summed E-state index contributed by atoms with van der Waals surface area (Å²) in [7, 11) is 4.42. The van der Waals surface area contributed by atoms with E-state index in [2.05, 4.69) is 0 Å². The van der Waals surface area contributed by atoms with Crippen LogP contribution in [-0.4, -0.2) is 36.5 Å². The molecule has 0 radical (unpaired) electrons. The van der Waals surface area contributed by atoms with Crippen molar-refractivity contribution in [3.63, 3.8) is 0 Å². The molecule has 2 aromatic rings. The van der Waals surface area contributed by atoms with Gasteiger partial charge in [0.15, 0.2) is 17.1 Å². The summed E-state index contributed by atoms with van der Waals surface area (Å²) < 4.78 is 16.4. The number of ether oxygens (including phenoxy) is 3. The molecule has 118 valence electrons. The fraction of sp³-hybridized carbons (Fsp3) is 0.333. The molecular weight excluding hydrogens is 290 g/mol. The Bertz CT molecular complexity index is 793. The lowest BCUT2D eigenvalue weighted by Crippen LogP contribution is -2.26. The Morgan fingerprint density at radius 3 is 2.36 bits per heavy atom. The van der Waals surface area contributed by atoms with Gasteiger partial charge in [0.1, 0.15) is 5.75 Å². The Morgan fingerprint density at radius 2 is 1.82 bits per heavy atom. The zero-order chi connectivity index (χ0) is 16.4. The zero-order valence-corrected chi connectivity index (χ0v) is 12.8. The summed E-state index contributed by atoms with van der Waals surface area (Å²) in [5, 5.41) is 10.6. The molecule has 0 unspecified atom stereocenters. The molecule has 7 nitrogen and oxygen atoms in total. The van der Waals surface area contributed by atoms with E-state index in [-0.39, 0.29) is 6.61 Å². The van der Waals surface area contributed by atoms with Gasteiger partial charge in [-0.25, -0.2) is 4.79 Å². The average molecular weight is 307 g/mol. The molecule has 0 fully saturated rings. The zero-order valence-electron chi connectivity index (χ0n) is 12.8. The number of esters is 1. The number of aromatic nitrogens is 1. The second-order valence-electron chi connectivity index (χ2n) is 4.53. The fourth-order valence-electron chi connectivity index (χ4n) is 2.24. The number of benzene rings is 1. The number of aryl methyl sites for hydroxylation is 1. The van der Waals surface area contributed by atoms with Crippen LogP contribution in [-0.2, 0) is 11.8 Å². The van der Waals surface area contributed by atoms with Crippen LogP contribution < -0.4 is 15.0 Å². The monoisotopic (exact) mass is 307 g/mol. The molecule has 7 heteroatoms. The van der Waals surface area contributed by atoms with Gasteiger partial charge < -0.3 is 23.9 Å². The first-order valence-electron chi connectivity index (χ1n) is 6.61. The molecule has 0 saturated carbocycles. The minimum atomic E-state index is -0.864. The van der Waals surface area contributed by atoms with Crippen LogP contribution in [0, 0.1) is 0 Å². The van der Waals surface area contributed by atoms with E-state index in [4.69, 9.17) is 14.2 Å². The van der Waals surface area contributed by atoms with E-state index in [0.29, 0.717) is 22.4 Å². The summed E-state index contributed by atoms with van der Waals surface area (Å²) >= 11 is 0. The number of pyridine rings is 1. The van der Waals surface area contributed by atoms with Gasteiger partial charge in [-0.1, -0.05) is 0 Å². The molecule has 1 aromatic carbocycles. The SMILES string of the molecule is CCOC(=O)c1c(O)c2cc(OC)c(OC)cc2n(C)c1=O. The molecule has 2 rings (SSSR count). The number of carbonyl (C=O) groups excluding carboxylic acids is 1. The van der Waals surface area contributed by atoms with Crippen molar-refractivity contribution in [3.05, 3.63) is 28.0 Å². The van der Waals surface area contributed by atoms with Crippen molar-refractivity contribution in [2.75, 3.05) is 20.8 Å². The molecule has 1 aromatic heterocycles. The van der Waals surface area contributed by atoms with Crippen molar-refractivity contribution in [1.29, 1.82) is 0 Å². The van der Waals surface area contributed by atoms with Crippen LogP contribution in [0.4, 0.5) is 0 Å². The fourth-order valence-corrected chi connectivity index (χ4v) is 2.24. The number of rotatable bonds is 4. The second-order valence-corrected chi connectivity index (χ2v) is 4.53. The lowest BCUT2D eigenvalue weighted by atomic mass is 10.1. The van der Waals surface area contributed by atoms with Crippen LogP contribution in [0.3, 0.4) is 0 Å². The number of nitrogens with zero attached hydrogens (tertiary/aromatic N) is 1. The number of aromatic hydroxyl groups is 1. The lowest BCUT2D eigenvalue weighted by molar-refractivity contribution is 0.0520. The molecular formula is C15H17NO6. The molecule has 0 aliphatic rings. The highest BCUT2D eigenvalue weighted by molar-refractivity contribution is 6.00. The summed E-state index contributed by atoms with van der Waals surface area (Å²) in [6.07, 6.45) is 0. The van der Waals surface area contributed by atoms with E-state index in [1.54, 1.807) is 13.0 Å². The number of methoxy groups -OCH3 is 2. The maximum Gasteiger partial charge on any atom is 0.347 e. The van der Waals surface area contributed by atoms with Crippen LogP contribution in [0.15, 0.2) is 16.9 Å². The first-order valence-corrected chi connectivity index (χ1v) is 6.61.